The molecular weight excluding hydrogens is 475 g/mol. The summed E-state index contributed by atoms with van der Waals surface area (Å²) in [5.74, 6) is 0.433. The SMILES string of the molecule is Cc1ccccc1C(=O)N1CCC[C@@H](c2nc3c(nnn3Cc3ccc(Cl)cc3Cl)c(=O)[nH]2)C1. The summed E-state index contributed by atoms with van der Waals surface area (Å²) >= 11 is 12.3. The van der Waals surface area contributed by atoms with E-state index in [0.717, 1.165) is 24.0 Å². The van der Waals surface area contributed by atoms with Gasteiger partial charge in [-0.15, -0.1) is 5.10 Å². The summed E-state index contributed by atoms with van der Waals surface area (Å²) in [6.45, 7) is 3.38. The number of hydrogen-bond acceptors (Lipinski definition) is 5. The lowest BCUT2D eigenvalue weighted by Crippen LogP contribution is -2.40. The van der Waals surface area contributed by atoms with E-state index in [0.29, 0.717) is 46.7 Å². The van der Waals surface area contributed by atoms with Crippen molar-refractivity contribution in [3.63, 3.8) is 0 Å². The summed E-state index contributed by atoms with van der Waals surface area (Å²) in [7, 11) is 0. The third-order valence-corrected chi connectivity index (χ3v) is 6.78. The Morgan fingerprint density at radius 3 is 2.82 bits per heavy atom. The second-order valence-electron chi connectivity index (χ2n) is 8.51. The van der Waals surface area contributed by atoms with Crippen LogP contribution in [0.25, 0.3) is 11.2 Å². The van der Waals surface area contributed by atoms with Crippen molar-refractivity contribution >= 4 is 40.3 Å². The molecule has 1 aliphatic heterocycles. The van der Waals surface area contributed by atoms with E-state index >= 15 is 0 Å². The number of amides is 1. The second-order valence-corrected chi connectivity index (χ2v) is 9.36. The molecule has 2 aromatic heterocycles. The van der Waals surface area contributed by atoms with Gasteiger partial charge in [-0.05, 0) is 49.1 Å². The number of nitrogens with zero attached hydrogens (tertiary/aromatic N) is 5. The predicted octanol–water partition coefficient (Wildman–Crippen LogP) is 4.20. The molecule has 4 aromatic rings. The summed E-state index contributed by atoms with van der Waals surface area (Å²) in [5.41, 5.74) is 2.62. The number of nitrogens with one attached hydrogen (secondary N) is 1. The van der Waals surface area contributed by atoms with Crippen LogP contribution in [0.15, 0.2) is 47.3 Å². The third kappa shape index (κ3) is 4.31. The van der Waals surface area contributed by atoms with Gasteiger partial charge in [-0.3, -0.25) is 9.59 Å². The fourth-order valence-corrected chi connectivity index (χ4v) is 4.83. The van der Waals surface area contributed by atoms with Crippen LogP contribution in [0, 0.1) is 6.92 Å². The maximum atomic E-state index is 13.1. The number of aryl methyl sites for hydroxylation is 1. The predicted molar refractivity (Wildman–Crippen MR) is 131 cm³/mol. The Hall–Kier alpha value is -3.23. The molecule has 174 valence electrons. The summed E-state index contributed by atoms with van der Waals surface area (Å²) in [4.78, 5) is 35.3. The number of halogens is 2. The zero-order valence-electron chi connectivity index (χ0n) is 18.5. The van der Waals surface area contributed by atoms with Crippen LogP contribution in [0.4, 0.5) is 0 Å². The van der Waals surface area contributed by atoms with Gasteiger partial charge in [-0.25, -0.2) is 9.67 Å². The van der Waals surface area contributed by atoms with Crippen LogP contribution < -0.4 is 5.56 Å². The van der Waals surface area contributed by atoms with Gasteiger partial charge >= 0.3 is 0 Å². The highest BCUT2D eigenvalue weighted by atomic mass is 35.5. The van der Waals surface area contributed by atoms with Crippen molar-refractivity contribution < 1.29 is 4.79 Å². The molecule has 3 heterocycles. The molecular formula is C24H22Cl2N6O2. The highest BCUT2D eigenvalue weighted by Gasteiger charge is 2.28. The van der Waals surface area contributed by atoms with Gasteiger partial charge < -0.3 is 9.88 Å². The van der Waals surface area contributed by atoms with Crippen molar-refractivity contribution in [2.45, 2.75) is 32.2 Å². The molecule has 1 amide bonds. The molecule has 5 rings (SSSR count). The van der Waals surface area contributed by atoms with E-state index in [2.05, 4.69) is 15.3 Å². The minimum Gasteiger partial charge on any atom is -0.338 e. The number of fused-ring (bicyclic) bond motifs is 1. The van der Waals surface area contributed by atoms with E-state index in [1.165, 1.54) is 0 Å². The molecule has 1 aliphatic rings. The van der Waals surface area contributed by atoms with Gasteiger partial charge in [0.2, 0.25) is 0 Å². The molecule has 2 aromatic carbocycles. The first-order chi connectivity index (χ1) is 16.4. The first kappa shape index (κ1) is 22.6. The van der Waals surface area contributed by atoms with E-state index < -0.39 is 0 Å². The van der Waals surface area contributed by atoms with Gasteiger partial charge in [-0.1, -0.05) is 52.7 Å². The first-order valence-corrected chi connectivity index (χ1v) is 11.8. The van der Waals surface area contributed by atoms with Gasteiger partial charge in [0, 0.05) is 34.6 Å². The molecule has 0 spiro atoms. The van der Waals surface area contributed by atoms with Crippen LogP contribution in [0.2, 0.25) is 10.0 Å². The number of carbonyl (C=O) groups is 1. The van der Waals surface area contributed by atoms with Crippen molar-refractivity contribution in [2.24, 2.45) is 0 Å². The standard InChI is InChI=1S/C24H22Cl2N6O2/c1-14-5-2-3-7-18(14)24(34)31-10-4-6-16(12-31)21-27-22-20(23(33)28-21)29-30-32(22)13-15-8-9-17(25)11-19(15)26/h2-3,5,7-9,11,16H,4,6,10,12-13H2,1H3,(H,27,28,33)/t16-/m1/s1. The zero-order chi connectivity index (χ0) is 23.8. The number of aromatic nitrogens is 5. The minimum atomic E-state index is -0.351. The van der Waals surface area contributed by atoms with E-state index in [4.69, 9.17) is 28.2 Å². The molecule has 0 unspecified atom stereocenters. The van der Waals surface area contributed by atoms with E-state index in [9.17, 15) is 9.59 Å². The van der Waals surface area contributed by atoms with Gasteiger partial charge in [0.1, 0.15) is 5.82 Å². The number of hydrogen-bond donors (Lipinski definition) is 1. The van der Waals surface area contributed by atoms with Crippen LogP contribution in [0.3, 0.4) is 0 Å². The van der Waals surface area contributed by atoms with Crippen LogP contribution in [0.1, 0.15) is 46.1 Å². The molecule has 1 saturated heterocycles. The topological polar surface area (TPSA) is 96.8 Å². The van der Waals surface area contributed by atoms with Crippen LogP contribution in [-0.2, 0) is 6.54 Å². The van der Waals surface area contributed by atoms with E-state index in [-0.39, 0.29) is 22.9 Å². The number of aromatic amines is 1. The Balaban J connectivity index is 1.44. The molecule has 1 atom stereocenters. The lowest BCUT2D eigenvalue weighted by molar-refractivity contribution is 0.0704. The zero-order valence-corrected chi connectivity index (χ0v) is 20.0. The Labute approximate surface area is 205 Å². The van der Waals surface area contributed by atoms with Crippen molar-refractivity contribution in [1.82, 2.24) is 29.9 Å². The smallest absolute Gasteiger partial charge is 0.281 e. The molecule has 34 heavy (non-hydrogen) atoms. The lowest BCUT2D eigenvalue weighted by atomic mass is 9.96. The van der Waals surface area contributed by atoms with Crippen molar-refractivity contribution in [2.75, 3.05) is 13.1 Å². The van der Waals surface area contributed by atoms with Crippen LogP contribution >= 0.6 is 23.2 Å². The highest BCUT2D eigenvalue weighted by Crippen LogP contribution is 2.27. The number of piperidine rings is 1. The van der Waals surface area contributed by atoms with Gasteiger partial charge in [0.25, 0.3) is 11.5 Å². The van der Waals surface area contributed by atoms with Crippen molar-refractivity contribution in [3.05, 3.63) is 85.4 Å². The highest BCUT2D eigenvalue weighted by molar-refractivity contribution is 6.35. The van der Waals surface area contributed by atoms with Gasteiger partial charge in [-0.2, -0.15) is 0 Å². The molecule has 8 nitrogen and oxygen atoms in total. The maximum Gasteiger partial charge on any atom is 0.281 e. The second kappa shape index (κ2) is 9.19. The lowest BCUT2D eigenvalue weighted by Gasteiger charge is -2.32. The quantitative estimate of drug-likeness (QED) is 0.456. The van der Waals surface area contributed by atoms with Crippen LogP contribution in [0.5, 0.6) is 0 Å². The number of benzene rings is 2. The minimum absolute atomic E-state index is 0.00434. The van der Waals surface area contributed by atoms with E-state index in [1.54, 1.807) is 16.8 Å². The first-order valence-electron chi connectivity index (χ1n) is 11.0. The average Bonchev–Trinajstić information content (AvgIpc) is 3.24. The Kier molecular flexibility index (Phi) is 6.10. The molecule has 0 bridgehead atoms. The average molecular weight is 497 g/mol. The third-order valence-electron chi connectivity index (χ3n) is 6.20. The van der Waals surface area contributed by atoms with Gasteiger partial charge in [0.15, 0.2) is 11.2 Å². The number of likely N-dealkylation sites (tertiary alicyclic amines) is 1. The molecule has 0 saturated carbocycles. The Morgan fingerprint density at radius 1 is 1.21 bits per heavy atom. The van der Waals surface area contributed by atoms with E-state index in [1.807, 2.05) is 42.2 Å². The number of carbonyl (C=O) groups excluding carboxylic acids is 1. The van der Waals surface area contributed by atoms with Crippen molar-refractivity contribution in [1.29, 1.82) is 0 Å². The fraction of sp³-hybridized carbons (Fsp3) is 0.292. The molecule has 10 heteroatoms. The fourth-order valence-electron chi connectivity index (χ4n) is 4.36. The molecule has 1 fully saturated rings. The Morgan fingerprint density at radius 2 is 2.03 bits per heavy atom. The number of rotatable bonds is 4. The molecule has 1 N–H and O–H groups in total. The largest absolute Gasteiger partial charge is 0.338 e. The monoisotopic (exact) mass is 496 g/mol. The summed E-state index contributed by atoms with van der Waals surface area (Å²) in [6.07, 6.45) is 1.64. The summed E-state index contributed by atoms with van der Waals surface area (Å²) in [6, 6.07) is 12.8. The molecule has 0 aliphatic carbocycles. The van der Waals surface area contributed by atoms with Crippen molar-refractivity contribution in [3.8, 4) is 0 Å². The maximum absolute atomic E-state index is 13.1. The molecule has 0 radical (unpaired) electrons. The summed E-state index contributed by atoms with van der Waals surface area (Å²) < 4.78 is 1.56. The van der Waals surface area contributed by atoms with Crippen LogP contribution in [-0.4, -0.2) is 48.9 Å². The van der Waals surface area contributed by atoms with Gasteiger partial charge in [0.05, 0.1) is 6.54 Å². The Bertz CT molecular complexity index is 1450. The summed E-state index contributed by atoms with van der Waals surface area (Å²) in [5, 5.41) is 9.17. The normalized spacial score (nSPS) is 16.2. The number of H-pyrrole nitrogens is 1.